The summed E-state index contributed by atoms with van der Waals surface area (Å²) < 4.78 is 36.7. The number of hydrogen-bond donors (Lipinski definition) is 1. The Bertz CT molecular complexity index is 809. The third-order valence-corrected chi connectivity index (χ3v) is 4.73. The number of nitrogens with one attached hydrogen (secondary N) is 1. The third kappa shape index (κ3) is 3.93. The van der Waals surface area contributed by atoms with Crippen molar-refractivity contribution in [2.45, 2.75) is 37.3 Å². The van der Waals surface area contributed by atoms with E-state index >= 15 is 0 Å². The van der Waals surface area contributed by atoms with Crippen LogP contribution in [0.5, 0.6) is 0 Å². The smallest absolute Gasteiger partial charge is 0.338 e. The number of sulfonamides is 1. The van der Waals surface area contributed by atoms with Gasteiger partial charge in [-0.1, -0.05) is 0 Å². The van der Waals surface area contributed by atoms with Crippen LogP contribution in [0.2, 0.25) is 0 Å². The van der Waals surface area contributed by atoms with Crippen molar-refractivity contribution in [1.82, 2.24) is 14.9 Å². The molecule has 0 aliphatic heterocycles. The SMILES string of the molecule is Cc1nnc(COC(=O)c2ccc(S(=O)(=O)NC3CC3)cc2)o1. The maximum absolute atomic E-state index is 12.0. The fraction of sp³-hybridized carbons (Fsp3) is 0.357. The van der Waals surface area contributed by atoms with E-state index in [2.05, 4.69) is 14.9 Å². The summed E-state index contributed by atoms with van der Waals surface area (Å²) in [4.78, 5) is 12.0. The van der Waals surface area contributed by atoms with Crippen molar-refractivity contribution < 1.29 is 22.4 Å². The highest BCUT2D eigenvalue weighted by atomic mass is 32.2. The van der Waals surface area contributed by atoms with Gasteiger partial charge in [0.25, 0.3) is 5.89 Å². The molecule has 0 saturated heterocycles. The number of esters is 1. The van der Waals surface area contributed by atoms with E-state index in [1.54, 1.807) is 6.92 Å². The molecule has 0 radical (unpaired) electrons. The highest BCUT2D eigenvalue weighted by Crippen LogP contribution is 2.22. The second-order valence-corrected chi connectivity index (χ2v) is 6.92. The number of carbonyl (C=O) groups excluding carboxylic acids is 1. The van der Waals surface area contributed by atoms with Gasteiger partial charge in [0.05, 0.1) is 10.5 Å². The zero-order chi connectivity index (χ0) is 16.4. The molecule has 1 heterocycles. The number of carbonyl (C=O) groups is 1. The van der Waals surface area contributed by atoms with Crippen LogP contribution in [0.4, 0.5) is 0 Å². The first kappa shape index (κ1) is 15.6. The van der Waals surface area contributed by atoms with Gasteiger partial charge in [-0.2, -0.15) is 0 Å². The Balaban J connectivity index is 1.63. The van der Waals surface area contributed by atoms with Crippen molar-refractivity contribution in [3.05, 3.63) is 41.6 Å². The van der Waals surface area contributed by atoms with E-state index in [0.717, 1.165) is 12.8 Å². The number of aromatic nitrogens is 2. The molecule has 122 valence electrons. The highest BCUT2D eigenvalue weighted by Gasteiger charge is 2.28. The Kier molecular flexibility index (Phi) is 4.14. The van der Waals surface area contributed by atoms with Gasteiger partial charge in [0.2, 0.25) is 15.9 Å². The third-order valence-electron chi connectivity index (χ3n) is 3.19. The molecule has 1 saturated carbocycles. The van der Waals surface area contributed by atoms with Crippen LogP contribution in [0.15, 0.2) is 33.6 Å². The predicted molar refractivity (Wildman–Crippen MR) is 77.9 cm³/mol. The minimum absolute atomic E-state index is 0.0301. The number of nitrogens with zero attached hydrogens (tertiary/aromatic N) is 2. The van der Waals surface area contributed by atoms with E-state index in [9.17, 15) is 13.2 Å². The summed E-state index contributed by atoms with van der Waals surface area (Å²) >= 11 is 0. The second kappa shape index (κ2) is 6.09. The minimum Gasteiger partial charge on any atom is -0.452 e. The Morgan fingerprint density at radius 3 is 2.57 bits per heavy atom. The van der Waals surface area contributed by atoms with Crippen LogP contribution in [0.3, 0.4) is 0 Å². The van der Waals surface area contributed by atoms with Gasteiger partial charge in [-0.25, -0.2) is 17.9 Å². The van der Waals surface area contributed by atoms with Gasteiger partial charge in [-0.15, -0.1) is 10.2 Å². The van der Waals surface area contributed by atoms with Gasteiger partial charge >= 0.3 is 5.97 Å². The molecule has 3 rings (SSSR count). The van der Waals surface area contributed by atoms with Gasteiger partial charge < -0.3 is 9.15 Å². The molecule has 2 aromatic rings. The largest absolute Gasteiger partial charge is 0.452 e. The van der Waals surface area contributed by atoms with Crippen LogP contribution in [-0.2, 0) is 21.4 Å². The summed E-state index contributed by atoms with van der Waals surface area (Å²) in [7, 11) is -3.53. The maximum Gasteiger partial charge on any atom is 0.338 e. The van der Waals surface area contributed by atoms with Crippen LogP contribution < -0.4 is 4.72 Å². The zero-order valence-electron chi connectivity index (χ0n) is 12.4. The molecule has 23 heavy (non-hydrogen) atoms. The number of hydrogen-bond acceptors (Lipinski definition) is 7. The van der Waals surface area contributed by atoms with Crippen molar-refractivity contribution in [3.63, 3.8) is 0 Å². The molecule has 0 atom stereocenters. The standard InChI is InChI=1S/C14H15N3O5S/c1-9-15-16-13(22-9)8-21-14(18)10-2-6-12(7-3-10)23(19,20)17-11-4-5-11/h2-3,6-7,11,17H,4-5,8H2,1H3. The Morgan fingerprint density at radius 2 is 2.00 bits per heavy atom. The lowest BCUT2D eigenvalue weighted by molar-refractivity contribution is 0.0436. The van der Waals surface area contributed by atoms with Crippen molar-refractivity contribution >= 4 is 16.0 Å². The molecule has 8 nitrogen and oxygen atoms in total. The van der Waals surface area contributed by atoms with Crippen LogP contribution in [0, 0.1) is 6.92 Å². The summed E-state index contributed by atoms with van der Waals surface area (Å²) in [5.74, 6) is -0.0163. The Labute approximate surface area is 132 Å². The lowest BCUT2D eigenvalue weighted by atomic mass is 10.2. The van der Waals surface area contributed by atoms with Gasteiger partial charge in [0.1, 0.15) is 0 Å². The van der Waals surface area contributed by atoms with Gasteiger partial charge in [0.15, 0.2) is 6.61 Å². The first-order chi connectivity index (χ1) is 10.9. The normalized spacial score (nSPS) is 14.7. The molecular weight excluding hydrogens is 322 g/mol. The quantitative estimate of drug-likeness (QED) is 0.788. The molecule has 9 heteroatoms. The molecule has 1 aliphatic rings. The summed E-state index contributed by atoms with van der Waals surface area (Å²) in [6, 6.07) is 5.59. The van der Waals surface area contributed by atoms with E-state index in [0.29, 0.717) is 5.89 Å². The van der Waals surface area contributed by atoms with Crippen molar-refractivity contribution in [1.29, 1.82) is 0 Å². The highest BCUT2D eigenvalue weighted by molar-refractivity contribution is 7.89. The average Bonchev–Trinajstić information content (AvgIpc) is 3.23. The van der Waals surface area contributed by atoms with E-state index in [1.807, 2.05) is 0 Å². The number of aryl methyl sites for hydroxylation is 1. The van der Waals surface area contributed by atoms with Crippen molar-refractivity contribution in [2.75, 3.05) is 0 Å². The van der Waals surface area contributed by atoms with Gasteiger partial charge in [-0.3, -0.25) is 0 Å². The van der Waals surface area contributed by atoms with Crippen LogP contribution in [-0.4, -0.2) is 30.6 Å². The molecule has 0 bridgehead atoms. The first-order valence-corrected chi connectivity index (χ1v) is 8.51. The average molecular weight is 337 g/mol. The summed E-state index contributed by atoms with van der Waals surface area (Å²) in [5.41, 5.74) is 0.242. The zero-order valence-corrected chi connectivity index (χ0v) is 13.2. The number of benzene rings is 1. The molecule has 1 aliphatic carbocycles. The van der Waals surface area contributed by atoms with E-state index in [-0.39, 0.29) is 29.0 Å². The lowest BCUT2D eigenvalue weighted by Crippen LogP contribution is -2.25. The lowest BCUT2D eigenvalue weighted by Gasteiger charge is -2.06. The monoisotopic (exact) mass is 337 g/mol. The predicted octanol–water partition coefficient (Wildman–Crippen LogP) is 1.18. The van der Waals surface area contributed by atoms with Gasteiger partial charge in [-0.05, 0) is 37.1 Å². The van der Waals surface area contributed by atoms with Crippen molar-refractivity contribution in [3.8, 4) is 0 Å². The van der Waals surface area contributed by atoms with Crippen LogP contribution in [0.1, 0.15) is 35.0 Å². The number of rotatable bonds is 6. The molecule has 0 spiro atoms. The first-order valence-electron chi connectivity index (χ1n) is 7.02. The molecule has 1 fully saturated rings. The summed E-state index contributed by atoms with van der Waals surface area (Å²) in [5, 5.41) is 7.33. The van der Waals surface area contributed by atoms with Crippen molar-refractivity contribution in [2.24, 2.45) is 0 Å². The maximum atomic E-state index is 12.0. The molecule has 1 N–H and O–H groups in total. The van der Waals surface area contributed by atoms with Crippen LogP contribution >= 0.6 is 0 Å². The fourth-order valence-corrected chi connectivity index (χ4v) is 3.17. The van der Waals surface area contributed by atoms with E-state index in [4.69, 9.17) is 9.15 Å². The summed E-state index contributed by atoms with van der Waals surface area (Å²) in [6.45, 7) is 1.50. The van der Waals surface area contributed by atoms with Gasteiger partial charge in [0, 0.05) is 13.0 Å². The molecule has 0 amide bonds. The molecule has 1 aromatic heterocycles. The molecular formula is C14H15N3O5S. The van der Waals surface area contributed by atoms with E-state index in [1.165, 1.54) is 24.3 Å². The Morgan fingerprint density at radius 1 is 1.30 bits per heavy atom. The second-order valence-electron chi connectivity index (χ2n) is 5.21. The number of ether oxygens (including phenoxy) is 1. The molecule has 0 unspecified atom stereocenters. The topological polar surface area (TPSA) is 111 Å². The van der Waals surface area contributed by atoms with Crippen LogP contribution in [0.25, 0.3) is 0 Å². The molecule has 1 aromatic carbocycles. The van der Waals surface area contributed by atoms with E-state index < -0.39 is 16.0 Å². The minimum atomic E-state index is -3.53. The Hall–Kier alpha value is -2.26. The summed E-state index contributed by atoms with van der Waals surface area (Å²) in [6.07, 6.45) is 1.72. The fourth-order valence-electron chi connectivity index (χ4n) is 1.87.